The highest BCUT2D eigenvalue weighted by Crippen LogP contribution is 2.30. The number of aliphatic hydroxyl groups excluding tert-OH is 1. The Hall–Kier alpha value is -2.03. The minimum absolute atomic E-state index is 0.120. The van der Waals surface area contributed by atoms with Gasteiger partial charge in [0.15, 0.2) is 0 Å². The van der Waals surface area contributed by atoms with Crippen LogP contribution in [0.1, 0.15) is 41.0 Å². The Balaban J connectivity index is 1.61. The van der Waals surface area contributed by atoms with Gasteiger partial charge in [0.05, 0.1) is 20.3 Å². The van der Waals surface area contributed by atoms with E-state index in [2.05, 4.69) is 27.3 Å². The number of benzene rings is 1. The summed E-state index contributed by atoms with van der Waals surface area (Å²) in [5.74, 6) is 1.18. The lowest BCUT2D eigenvalue weighted by molar-refractivity contribution is 0.102. The fourth-order valence-electron chi connectivity index (χ4n) is 3.47. The van der Waals surface area contributed by atoms with Crippen molar-refractivity contribution >= 4 is 22.9 Å². The second kappa shape index (κ2) is 9.25. The van der Waals surface area contributed by atoms with Crippen LogP contribution < -0.4 is 10.1 Å². The molecule has 3 rings (SSSR count). The van der Waals surface area contributed by atoms with Gasteiger partial charge in [-0.3, -0.25) is 9.69 Å². The van der Waals surface area contributed by atoms with E-state index in [-0.39, 0.29) is 12.5 Å². The average molecular weight is 391 g/mol. The van der Waals surface area contributed by atoms with Crippen molar-refractivity contribution in [1.29, 1.82) is 0 Å². The number of anilines is 1. The molecule has 1 aromatic carbocycles. The van der Waals surface area contributed by atoms with Gasteiger partial charge in [-0.1, -0.05) is 18.3 Å². The Kier molecular flexibility index (Phi) is 6.76. The number of methoxy groups -OCH3 is 1. The predicted octanol–water partition coefficient (Wildman–Crippen LogP) is 2.78. The molecular weight excluding hydrogens is 364 g/mol. The molecular formula is C19H26N4O3S. The van der Waals surface area contributed by atoms with Crippen molar-refractivity contribution in [3.63, 3.8) is 0 Å². The summed E-state index contributed by atoms with van der Waals surface area (Å²) in [6.45, 7) is 3.62. The molecule has 2 atom stereocenters. The van der Waals surface area contributed by atoms with Crippen LogP contribution in [0.15, 0.2) is 24.3 Å². The summed E-state index contributed by atoms with van der Waals surface area (Å²) in [5.41, 5.74) is 0.680. The van der Waals surface area contributed by atoms with E-state index in [0.717, 1.165) is 29.5 Å². The molecule has 0 radical (unpaired) electrons. The molecule has 1 aromatic heterocycles. The highest BCUT2D eigenvalue weighted by Gasteiger charge is 2.27. The normalized spacial score (nSPS) is 19.4. The van der Waals surface area contributed by atoms with Crippen molar-refractivity contribution in [2.75, 3.05) is 25.6 Å². The van der Waals surface area contributed by atoms with E-state index in [0.29, 0.717) is 29.8 Å². The topological polar surface area (TPSA) is 87.6 Å². The van der Waals surface area contributed by atoms with Gasteiger partial charge in [-0.15, -0.1) is 10.2 Å². The quantitative estimate of drug-likeness (QED) is 0.721. The van der Waals surface area contributed by atoms with Crippen LogP contribution in [-0.4, -0.2) is 52.4 Å². The minimum atomic E-state index is -0.271. The maximum absolute atomic E-state index is 12.4. The van der Waals surface area contributed by atoms with Crippen LogP contribution >= 0.6 is 11.3 Å². The molecule has 1 aliphatic carbocycles. The van der Waals surface area contributed by atoms with Gasteiger partial charge in [-0.05, 0) is 49.4 Å². The monoisotopic (exact) mass is 390 g/mol. The molecule has 0 unspecified atom stereocenters. The number of amides is 1. The molecule has 1 aliphatic rings. The van der Waals surface area contributed by atoms with Gasteiger partial charge in [-0.2, -0.15) is 0 Å². The Labute approximate surface area is 163 Å². The van der Waals surface area contributed by atoms with Crippen molar-refractivity contribution < 1.29 is 14.6 Å². The molecule has 0 saturated heterocycles. The van der Waals surface area contributed by atoms with Crippen LogP contribution in [0.2, 0.25) is 0 Å². The van der Waals surface area contributed by atoms with Crippen molar-refractivity contribution in [1.82, 2.24) is 15.1 Å². The maximum atomic E-state index is 12.4. The molecule has 146 valence electrons. The predicted molar refractivity (Wildman–Crippen MR) is 105 cm³/mol. The number of carbonyl (C=O) groups excluding carboxylic acids is 1. The van der Waals surface area contributed by atoms with E-state index < -0.39 is 0 Å². The van der Waals surface area contributed by atoms with Gasteiger partial charge in [-0.25, -0.2) is 0 Å². The van der Waals surface area contributed by atoms with Crippen molar-refractivity contribution in [2.45, 2.75) is 38.8 Å². The molecule has 27 heavy (non-hydrogen) atoms. The second-order valence-electron chi connectivity index (χ2n) is 6.95. The first-order valence-electron chi connectivity index (χ1n) is 9.21. The molecule has 0 bridgehead atoms. The van der Waals surface area contributed by atoms with E-state index in [9.17, 15) is 9.90 Å². The summed E-state index contributed by atoms with van der Waals surface area (Å²) in [5, 5.41) is 21.6. The molecule has 1 heterocycles. The number of hydrogen-bond acceptors (Lipinski definition) is 7. The standard InChI is InChI=1S/C19H26N4O3S/c1-13-3-6-15(11-13)23(9-10-24)12-17-21-22-19(27-17)18(25)20-14-4-7-16(26-2)8-5-14/h4-5,7-8,13,15,24H,3,6,9-12H2,1-2H3,(H,20,25)/t13-,15+/m1/s1. The van der Waals surface area contributed by atoms with E-state index in [1.165, 1.54) is 17.8 Å². The van der Waals surface area contributed by atoms with E-state index in [4.69, 9.17) is 4.74 Å². The van der Waals surface area contributed by atoms with Gasteiger partial charge in [0, 0.05) is 18.3 Å². The Bertz CT molecular complexity index is 750. The number of hydrogen-bond donors (Lipinski definition) is 2. The first kappa shape index (κ1) is 19.7. The van der Waals surface area contributed by atoms with Crippen LogP contribution in [0.3, 0.4) is 0 Å². The van der Waals surface area contributed by atoms with Crippen LogP contribution in [0.4, 0.5) is 5.69 Å². The van der Waals surface area contributed by atoms with Gasteiger partial charge in [0.1, 0.15) is 10.8 Å². The number of rotatable bonds is 8. The molecule has 1 saturated carbocycles. The molecule has 0 spiro atoms. The Morgan fingerprint density at radius 2 is 2.11 bits per heavy atom. The number of aliphatic hydroxyl groups is 1. The number of carbonyl (C=O) groups is 1. The fraction of sp³-hybridized carbons (Fsp3) is 0.526. The molecule has 2 N–H and O–H groups in total. The number of ether oxygens (including phenoxy) is 1. The summed E-state index contributed by atoms with van der Waals surface area (Å²) in [6, 6.07) is 7.60. The van der Waals surface area contributed by atoms with Crippen molar-refractivity contribution in [3.8, 4) is 5.75 Å². The summed E-state index contributed by atoms with van der Waals surface area (Å²) in [7, 11) is 1.60. The average Bonchev–Trinajstić information content (AvgIpc) is 3.31. The highest BCUT2D eigenvalue weighted by atomic mass is 32.1. The molecule has 7 nitrogen and oxygen atoms in total. The third kappa shape index (κ3) is 5.24. The van der Waals surface area contributed by atoms with Crippen LogP contribution in [0.5, 0.6) is 5.75 Å². The Morgan fingerprint density at radius 1 is 1.33 bits per heavy atom. The highest BCUT2D eigenvalue weighted by molar-refractivity contribution is 7.13. The lowest BCUT2D eigenvalue weighted by atomic mass is 10.1. The zero-order valence-electron chi connectivity index (χ0n) is 15.7. The van der Waals surface area contributed by atoms with E-state index >= 15 is 0 Å². The largest absolute Gasteiger partial charge is 0.497 e. The lowest BCUT2D eigenvalue weighted by Gasteiger charge is -2.27. The maximum Gasteiger partial charge on any atom is 0.286 e. The summed E-state index contributed by atoms with van der Waals surface area (Å²) >= 11 is 1.30. The second-order valence-corrected chi connectivity index (χ2v) is 8.01. The molecule has 0 aliphatic heterocycles. The summed E-state index contributed by atoms with van der Waals surface area (Å²) in [4.78, 5) is 14.7. The molecule has 1 amide bonds. The van der Waals surface area contributed by atoms with Crippen LogP contribution in [0.25, 0.3) is 0 Å². The number of aromatic nitrogens is 2. The number of nitrogens with one attached hydrogen (secondary N) is 1. The van der Waals surface area contributed by atoms with Gasteiger partial charge < -0.3 is 15.2 Å². The van der Waals surface area contributed by atoms with E-state index in [1.807, 2.05) is 0 Å². The van der Waals surface area contributed by atoms with E-state index in [1.54, 1.807) is 31.4 Å². The SMILES string of the molecule is COc1ccc(NC(=O)c2nnc(CN(CCO)[C@H]3CC[C@@H](C)C3)s2)cc1. The zero-order chi connectivity index (χ0) is 19.2. The fourth-order valence-corrected chi connectivity index (χ4v) is 4.23. The molecule has 1 fully saturated rings. The minimum Gasteiger partial charge on any atom is -0.497 e. The summed E-state index contributed by atoms with van der Waals surface area (Å²) in [6.07, 6.45) is 3.51. The summed E-state index contributed by atoms with van der Waals surface area (Å²) < 4.78 is 5.11. The van der Waals surface area contributed by atoms with Gasteiger partial charge in [0.25, 0.3) is 5.91 Å². The van der Waals surface area contributed by atoms with Crippen molar-refractivity contribution in [3.05, 3.63) is 34.3 Å². The third-order valence-corrected chi connectivity index (χ3v) is 5.82. The number of nitrogens with zero attached hydrogens (tertiary/aromatic N) is 3. The smallest absolute Gasteiger partial charge is 0.286 e. The Morgan fingerprint density at radius 3 is 2.74 bits per heavy atom. The van der Waals surface area contributed by atoms with Crippen molar-refractivity contribution in [2.24, 2.45) is 5.92 Å². The first-order chi connectivity index (χ1) is 13.1. The van der Waals surface area contributed by atoms with Gasteiger partial charge >= 0.3 is 0 Å². The zero-order valence-corrected chi connectivity index (χ0v) is 16.5. The van der Waals surface area contributed by atoms with Gasteiger partial charge in [0.2, 0.25) is 5.01 Å². The first-order valence-corrected chi connectivity index (χ1v) is 10.0. The van der Waals surface area contributed by atoms with Crippen LogP contribution in [0, 0.1) is 5.92 Å². The molecule has 8 heteroatoms. The van der Waals surface area contributed by atoms with Crippen LogP contribution in [-0.2, 0) is 6.54 Å². The third-order valence-electron chi connectivity index (χ3n) is 4.92. The lowest BCUT2D eigenvalue weighted by Crippen LogP contribution is -2.35. The molecule has 2 aromatic rings.